The molecule has 1 aromatic heterocycles. The third kappa shape index (κ3) is 5.34. The number of aromatic nitrogens is 2. The molecule has 0 unspecified atom stereocenters. The molecule has 0 saturated heterocycles. The number of esters is 1. The first kappa shape index (κ1) is 20.8. The monoisotopic (exact) mass is 411 g/mol. The van der Waals surface area contributed by atoms with Crippen molar-refractivity contribution in [2.45, 2.75) is 13.5 Å². The van der Waals surface area contributed by atoms with Crippen molar-refractivity contribution < 1.29 is 28.3 Å². The normalized spacial score (nSPS) is 10.3. The number of nitrogens with zero attached hydrogens (tertiary/aromatic N) is 2. The van der Waals surface area contributed by atoms with Gasteiger partial charge in [-0.3, -0.25) is 9.59 Å². The number of hydrogen-bond acceptors (Lipinski definition) is 8. The Morgan fingerprint density at radius 1 is 1.10 bits per heavy atom. The maximum Gasteiger partial charge on any atom is 0.325 e. The highest BCUT2D eigenvalue weighted by atomic mass is 16.6. The quantitative estimate of drug-likeness (QED) is 0.535. The molecule has 0 aliphatic carbocycles. The Hall–Kier alpha value is -3.88. The summed E-state index contributed by atoms with van der Waals surface area (Å²) in [7, 11) is 1.58. The Morgan fingerprint density at radius 2 is 1.87 bits per heavy atom. The zero-order valence-electron chi connectivity index (χ0n) is 16.6. The first-order chi connectivity index (χ1) is 14.6. The predicted molar refractivity (Wildman–Crippen MR) is 106 cm³/mol. The van der Waals surface area contributed by atoms with Crippen LogP contribution in [0.1, 0.15) is 23.2 Å². The molecule has 30 heavy (non-hydrogen) atoms. The Morgan fingerprint density at radius 3 is 2.60 bits per heavy atom. The molecule has 2 aromatic carbocycles. The molecule has 0 saturated carbocycles. The molecule has 1 amide bonds. The molecule has 0 fully saturated rings. The first-order valence-corrected chi connectivity index (χ1v) is 9.23. The smallest absolute Gasteiger partial charge is 0.325 e. The van der Waals surface area contributed by atoms with E-state index in [0.29, 0.717) is 29.5 Å². The SMILES string of the molecule is CCOc1ccccc1C(=O)NCC(=O)OCc1nc(-c2ccc(OC)cc2)no1. The van der Waals surface area contributed by atoms with Crippen molar-refractivity contribution in [3.8, 4) is 22.9 Å². The Kier molecular flexibility index (Phi) is 6.99. The van der Waals surface area contributed by atoms with E-state index in [2.05, 4.69) is 15.5 Å². The summed E-state index contributed by atoms with van der Waals surface area (Å²) in [6.45, 7) is 1.74. The van der Waals surface area contributed by atoms with E-state index in [1.54, 1.807) is 55.6 Å². The minimum absolute atomic E-state index is 0.141. The van der Waals surface area contributed by atoms with Crippen LogP contribution in [0.4, 0.5) is 0 Å². The molecular formula is C21H21N3O6. The molecule has 9 heteroatoms. The number of methoxy groups -OCH3 is 1. The third-order valence-electron chi connectivity index (χ3n) is 4.00. The standard InChI is InChI=1S/C21H21N3O6/c1-3-28-17-7-5-4-6-16(17)21(26)22-12-19(25)29-13-18-23-20(24-30-18)14-8-10-15(27-2)11-9-14/h4-11H,3,12-13H2,1-2H3,(H,22,26). The van der Waals surface area contributed by atoms with E-state index in [0.717, 1.165) is 5.56 Å². The predicted octanol–water partition coefficient (Wildman–Crippen LogP) is 2.62. The van der Waals surface area contributed by atoms with Gasteiger partial charge in [-0.1, -0.05) is 17.3 Å². The van der Waals surface area contributed by atoms with E-state index in [9.17, 15) is 9.59 Å². The lowest BCUT2D eigenvalue weighted by Crippen LogP contribution is -2.30. The number of ether oxygens (including phenoxy) is 3. The van der Waals surface area contributed by atoms with Gasteiger partial charge in [0, 0.05) is 5.56 Å². The number of hydrogen-bond donors (Lipinski definition) is 1. The van der Waals surface area contributed by atoms with Gasteiger partial charge in [-0.05, 0) is 43.3 Å². The molecule has 3 aromatic rings. The molecule has 0 aliphatic heterocycles. The largest absolute Gasteiger partial charge is 0.497 e. The number of carbonyl (C=O) groups is 2. The zero-order chi connectivity index (χ0) is 21.3. The van der Waals surface area contributed by atoms with Crippen molar-refractivity contribution in [2.75, 3.05) is 20.3 Å². The van der Waals surface area contributed by atoms with Crippen LogP contribution in [0.3, 0.4) is 0 Å². The van der Waals surface area contributed by atoms with Gasteiger partial charge >= 0.3 is 5.97 Å². The maximum absolute atomic E-state index is 12.3. The lowest BCUT2D eigenvalue weighted by Gasteiger charge is -2.10. The van der Waals surface area contributed by atoms with Gasteiger partial charge in [0.25, 0.3) is 11.8 Å². The highest BCUT2D eigenvalue weighted by Crippen LogP contribution is 2.20. The number of para-hydroxylation sites is 1. The summed E-state index contributed by atoms with van der Waals surface area (Å²) >= 11 is 0. The van der Waals surface area contributed by atoms with Crippen LogP contribution in [0, 0.1) is 0 Å². The lowest BCUT2D eigenvalue weighted by atomic mass is 10.2. The average molecular weight is 411 g/mol. The molecule has 0 radical (unpaired) electrons. The van der Waals surface area contributed by atoms with Gasteiger partial charge in [0.1, 0.15) is 18.0 Å². The molecule has 9 nitrogen and oxygen atoms in total. The second-order valence-electron chi connectivity index (χ2n) is 6.01. The second kappa shape index (κ2) is 10.1. The minimum atomic E-state index is -0.638. The Labute approximate surface area is 172 Å². The molecule has 0 atom stereocenters. The van der Waals surface area contributed by atoms with Crippen LogP contribution < -0.4 is 14.8 Å². The zero-order valence-corrected chi connectivity index (χ0v) is 16.6. The van der Waals surface area contributed by atoms with Crippen LogP contribution in [0.5, 0.6) is 11.5 Å². The lowest BCUT2D eigenvalue weighted by molar-refractivity contribution is -0.144. The molecule has 156 valence electrons. The van der Waals surface area contributed by atoms with E-state index in [1.165, 1.54) is 0 Å². The Balaban J connectivity index is 1.49. The molecule has 0 bridgehead atoms. The fraction of sp³-hybridized carbons (Fsp3) is 0.238. The summed E-state index contributed by atoms with van der Waals surface area (Å²) in [5.41, 5.74) is 1.07. The van der Waals surface area contributed by atoms with Gasteiger partial charge in [-0.25, -0.2) is 0 Å². The summed E-state index contributed by atoms with van der Waals surface area (Å²) in [5, 5.41) is 6.36. The van der Waals surface area contributed by atoms with Crippen LogP contribution in [-0.2, 0) is 16.1 Å². The summed E-state index contributed by atoms with van der Waals surface area (Å²) in [6.07, 6.45) is 0. The Bertz CT molecular complexity index is 1000. The summed E-state index contributed by atoms with van der Waals surface area (Å²) < 4.78 is 20.7. The van der Waals surface area contributed by atoms with E-state index < -0.39 is 11.9 Å². The van der Waals surface area contributed by atoms with E-state index in [-0.39, 0.29) is 19.0 Å². The molecule has 0 spiro atoms. The fourth-order valence-corrected chi connectivity index (χ4v) is 2.55. The highest BCUT2D eigenvalue weighted by molar-refractivity contribution is 5.98. The first-order valence-electron chi connectivity index (χ1n) is 9.23. The molecule has 3 rings (SSSR count). The second-order valence-corrected chi connectivity index (χ2v) is 6.01. The average Bonchev–Trinajstić information content (AvgIpc) is 3.26. The van der Waals surface area contributed by atoms with Gasteiger partial charge in [-0.15, -0.1) is 0 Å². The summed E-state index contributed by atoms with van der Waals surface area (Å²) in [4.78, 5) is 28.4. The van der Waals surface area contributed by atoms with Crippen molar-refractivity contribution in [1.29, 1.82) is 0 Å². The third-order valence-corrected chi connectivity index (χ3v) is 4.00. The van der Waals surface area contributed by atoms with E-state index >= 15 is 0 Å². The van der Waals surface area contributed by atoms with E-state index in [4.69, 9.17) is 18.7 Å². The topological polar surface area (TPSA) is 113 Å². The van der Waals surface area contributed by atoms with Gasteiger partial charge < -0.3 is 24.1 Å². The molecular weight excluding hydrogens is 390 g/mol. The maximum atomic E-state index is 12.3. The van der Waals surface area contributed by atoms with Crippen LogP contribution >= 0.6 is 0 Å². The number of rotatable bonds is 9. The van der Waals surface area contributed by atoms with Crippen molar-refractivity contribution in [3.05, 3.63) is 60.0 Å². The van der Waals surface area contributed by atoms with Crippen molar-refractivity contribution in [1.82, 2.24) is 15.5 Å². The van der Waals surface area contributed by atoms with Crippen molar-refractivity contribution in [2.24, 2.45) is 0 Å². The summed E-state index contributed by atoms with van der Waals surface area (Å²) in [5.74, 6) is 0.592. The van der Waals surface area contributed by atoms with E-state index in [1.807, 2.05) is 6.92 Å². The molecule has 1 N–H and O–H groups in total. The number of carbonyl (C=O) groups excluding carboxylic acids is 2. The highest BCUT2D eigenvalue weighted by Gasteiger charge is 2.15. The van der Waals surface area contributed by atoms with Crippen molar-refractivity contribution in [3.63, 3.8) is 0 Å². The van der Waals surface area contributed by atoms with Gasteiger partial charge in [0.2, 0.25) is 5.82 Å². The number of amides is 1. The van der Waals surface area contributed by atoms with Crippen molar-refractivity contribution >= 4 is 11.9 Å². The minimum Gasteiger partial charge on any atom is -0.497 e. The van der Waals surface area contributed by atoms with Crippen LogP contribution in [0.15, 0.2) is 53.1 Å². The van der Waals surface area contributed by atoms with Crippen LogP contribution in [-0.4, -0.2) is 42.3 Å². The molecule has 0 aliphatic rings. The molecule has 1 heterocycles. The van der Waals surface area contributed by atoms with Gasteiger partial charge in [0.05, 0.1) is 19.3 Å². The fourth-order valence-electron chi connectivity index (χ4n) is 2.55. The summed E-state index contributed by atoms with van der Waals surface area (Å²) in [6, 6.07) is 13.9. The number of nitrogens with one attached hydrogen (secondary N) is 1. The van der Waals surface area contributed by atoms with Crippen LogP contribution in [0.2, 0.25) is 0 Å². The van der Waals surface area contributed by atoms with Gasteiger partial charge in [0.15, 0.2) is 6.61 Å². The van der Waals surface area contributed by atoms with Crippen LogP contribution in [0.25, 0.3) is 11.4 Å². The van der Waals surface area contributed by atoms with Gasteiger partial charge in [-0.2, -0.15) is 4.98 Å². The number of benzene rings is 2.